The van der Waals surface area contributed by atoms with E-state index in [1.54, 1.807) is 4.90 Å². The van der Waals surface area contributed by atoms with Crippen LogP contribution in [0, 0.1) is 12.8 Å². The number of carbonyl (C=O) groups excluding carboxylic acids is 2. The molecule has 0 spiro atoms. The Balaban J connectivity index is 1.45. The van der Waals surface area contributed by atoms with E-state index < -0.39 is 0 Å². The van der Waals surface area contributed by atoms with E-state index in [9.17, 15) is 9.59 Å². The molecule has 1 unspecified atom stereocenters. The van der Waals surface area contributed by atoms with Gasteiger partial charge in [-0.15, -0.1) is 0 Å². The van der Waals surface area contributed by atoms with Crippen molar-refractivity contribution in [2.24, 2.45) is 13.0 Å². The van der Waals surface area contributed by atoms with Crippen LogP contribution < -0.4 is 5.32 Å². The topological polar surface area (TPSA) is 54.3 Å². The van der Waals surface area contributed by atoms with Gasteiger partial charge < -0.3 is 14.8 Å². The molecule has 2 aromatic carbocycles. The molecule has 1 fully saturated rings. The normalized spacial score (nSPS) is 16.9. The molecule has 1 saturated heterocycles. The van der Waals surface area contributed by atoms with E-state index in [0.717, 1.165) is 22.2 Å². The van der Waals surface area contributed by atoms with Gasteiger partial charge in [0.25, 0.3) is 0 Å². The van der Waals surface area contributed by atoms with Crippen molar-refractivity contribution in [3.05, 3.63) is 65.9 Å². The minimum atomic E-state index is -0.318. The number of fused-ring (bicyclic) bond motifs is 1. The molecule has 27 heavy (non-hydrogen) atoms. The fourth-order valence-electron chi connectivity index (χ4n) is 3.66. The predicted octanol–water partition coefficient (Wildman–Crippen LogP) is 3.47. The molecule has 1 atom stereocenters. The number of rotatable bonds is 4. The molecule has 0 aliphatic carbocycles. The molecule has 2 amide bonds. The summed E-state index contributed by atoms with van der Waals surface area (Å²) in [5, 5.41) is 4.03. The number of aryl methyl sites for hydroxylation is 2. The number of hydrogen-bond donors (Lipinski definition) is 1. The van der Waals surface area contributed by atoms with E-state index in [-0.39, 0.29) is 24.2 Å². The van der Waals surface area contributed by atoms with Crippen LogP contribution in [0.25, 0.3) is 10.9 Å². The molecule has 138 valence electrons. The molecule has 3 aromatic rings. The number of carbonyl (C=O) groups is 2. The van der Waals surface area contributed by atoms with Gasteiger partial charge in [0.15, 0.2) is 0 Å². The van der Waals surface area contributed by atoms with E-state index in [0.29, 0.717) is 13.1 Å². The van der Waals surface area contributed by atoms with Gasteiger partial charge in [-0.2, -0.15) is 0 Å². The number of anilines is 1. The van der Waals surface area contributed by atoms with E-state index >= 15 is 0 Å². The van der Waals surface area contributed by atoms with Crippen LogP contribution in [-0.2, 0) is 23.2 Å². The van der Waals surface area contributed by atoms with Gasteiger partial charge in [-0.25, -0.2) is 0 Å². The van der Waals surface area contributed by atoms with Crippen LogP contribution in [0.3, 0.4) is 0 Å². The quantitative estimate of drug-likeness (QED) is 0.774. The molecule has 1 aromatic heterocycles. The Bertz CT molecular complexity index is 1000. The largest absolute Gasteiger partial charge is 0.350 e. The minimum Gasteiger partial charge on any atom is -0.350 e. The van der Waals surface area contributed by atoms with Crippen molar-refractivity contribution >= 4 is 28.4 Å². The Kier molecular flexibility index (Phi) is 4.44. The molecule has 5 nitrogen and oxygen atoms in total. The first-order chi connectivity index (χ1) is 13.0. The molecule has 1 aliphatic heterocycles. The Labute approximate surface area is 158 Å². The lowest BCUT2D eigenvalue weighted by Crippen LogP contribution is -2.28. The second kappa shape index (κ2) is 6.91. The van der Waals surface area contributed by atoms with E-state index in [1.807, 2.05) is 73.3 Å². The predicted molar refractivity (Wildman–Crippen MR) is 106 cm³/mol. The summed E-state index contributed by atoms with van der Waals surface area (Å²) in [5.41, 5.74) is 4.14. The van der Waals surface area contributed by atoms with Crippen LogP contribution in [0.2, 0.25) is 0 Å². The van der Waals surface area contributed by atoms with Gasteiger partial charge in [-0.05, 0) is 30.7 Å². The summed E-state index contributed by atoms with van der Waals surface area (Å²) in [4.78, 5) is 26.9. The number of amides is 2. The SMILES string of the molecule is Cc1ccc(CN2CC(C(=O)Nc3cccc4c3ccn4C)CC2=O)cc1. The van der Waals surface area contributed by atoms with Gasteiger partial charge in [-0.1, -0.05) is 35.9 Å². The monoisotopic (exact) mass is 361 g/mol. The third-order valence-electron chi connectivity index (χ3n) is 5.27. The van der Waals surface area contributed by atoms with Gasteiger partial charge in [0.05, 0.1) is 11.6 Å². The summed E-state index contributed by atoms with van der Waals surface area (Å²) < 4.78 is 2.02. The van der Waals surface area contributed by atoms with E-state index in [2.05, 4.69) is 5.32 Å². The first-order valence-corrected chi connectivity index (χ1v) is 9.19. The smallest absolute Gasteiger partial charge is 0.229 e. The molecule has 1 aliphatic rings. The zero-order valence-electron chi connectivity index (χ0n) is 15.6. The van der Waals surface area contributed by atoms with Gasteiger partial charge in [0, 0.05) is 43.7 Å². The van der Waals surface area contributed by atoms with Crippen LogP contribution in [0.5, 0.6) is 0 Å². The number of likely N-dealkylation sites (tertiary alicyclic amines) is 1. The summed E-state index contributed by atoms with van der Waals surface area (Å²) in [5.74, 6) is -0.373. The van der Waals surface area contributed by atoms with Gasteiger partial charge >= 0.3 is 0 Å². The minimum absolute atomic E-state index is 0.0358. The summed E-state index contributed by atoms with van der Waals surface area (Å²) in [6.45, 7) is 3.05. The summed E-state index contributed by atoms with van der Waals surface area (Å²) in [7, 11) is 1.98. The Morgan fingerprint density at radius 2 is 1.93 bits per heavy atom. The summed E-state index contributed by atoms with van der Waals surface area (Å²) >= 11 is 0. The van der Waals surface area contributed by atoms with Crippen LogP contribution in [-0.4, -0.2) is 27.8 Å². The number of nitrogens with zero attached hydrogens (tertiary/aromatic N) is 2. The highest BCUT2D eigenvalue weighted by molar-refractivity contribution is 6.03. The second-order valence-corrected chi connectivity index (χ2v) is 7.32. The van der Waals surface area contributed by atoms with Gasteiger partial charge in [-0.3, -0.25) is 9.59 Å². The number of benzene rings is 2. The van der Waals surface area contributed by atoms with Crippen LogP contribution in [0.4, 0.5) is 5.69 Å². The average Bonchev–Trinajstić information content (AvgIpc) is 3.21. The first-order valence-electron chi connectivity index (χ1n) is 9.19. The maximum atomic E-state index is 12.8. The van der Waals surface area contributed by atoms with Gasteiger partial charge in [0.1, 0.15) is 0 Å². The standard InChI is InChI=1S/C22H23N3O2/c1-15-6-8-16(9-7-15)13-25-14-17(12-21(25)26)22(27)23-19-4-3-5-20-18(19)10-11-24(20)2/h3-11,17H,12-14H2,1-2H3,(H,23,27). The molecule has 0 saturated carbocycles. The van der Waals surface area contributed by atoms with E-state index in [1.165, 1.54) is 5.56 Å². The van der Waals surface area contributed by atoms with E-state index in [4.69, 9.17) is 0 Å². The van der Waals surface area contributed by atoms with Crippen LogP contribution in [0.15, 0.2) is 54.7 Å². The number of aromatic nitrogens is 1. The number of hydrogen-bond acceptors (Lipinski definition) is 2. The van der Waals surface area contributed by atoms with Crippen molar-refractivity contribution in [3.8, 4) is 0 Å². The molecule has 0 bridgehead atoms. The summed E-state index contributed by atoms with van der Waals surface area (Å²) in [6, 6.07) is 16.0. The molecule has 4 rings (SSSR count). The maximum Gasteiger partial charge on any atom is 0.229 e. The average molecular weight is 361 g/mol. The Morgan fingerprint density at radius 3 is 2.70 bits per heavy atom. The molecule has 0 radical (unpaired) electrons. The van der Waals surface area contributed by atoms with Crippen molar-refractivity contribution < 1.29 is 9.59 Å². The lowest BCUT2D eigenvalue weighted by atomic mass is 10.1. The third kappa shape index (κ3) is 3.45. The zero-order valence-corrected chi connectivity index (χ0v) is 15.6. The molecular formula is C22H23N3O2. The lowest BCUT2D eigenvalue weighted by Gasteiger charge is -2.17. The molecular weight excluding hydrogens is 338 g/mol. The van der Waals surface area contributed by atoms with Crippen molar-refractivity contribution in [2.75, 3.05) is 11.9 Å². The molecule has 1 N–H and O–H groups in total. The second-order valence-electron chi connectivity index (χ2n) is 7.32. The maximum absolute atomic E-state index is 12.8. The van der Waals surface area contributed by atoms with Gasteiger partial charge in [0.2, 0.25) is 11.8 Å². The highest BCUT2D eigenvalue weighted by atomic mass is 16.2. The van der Waals surface area contributed by atoms with Crippen molar-refractivity contribution in [2.45, 2.75) is 19.9 Å². The van der Waals surface area contributed by atoms with Crippen molar-refractivity contribution in [1.82, 2.24) is 9.47 Å². The van der Waals surface area contributed by atoms with Crippen LogP contribution in [0.1, 0.15) is 17.5 Å². The summed E-state index contributed by atoms with van der Waals surface area (Å²) in [6.07, 6.45) is 2.24. The Morgan fingerprint density at radius 1 is 1.15 bits per heavy atom. The highest BCUT2D eigenvalue weighted by Crippen LogP contribution is 2.26. The lowest BCUT2D eigenvalue weighted by molar-refractivity contribution is -0.128. The molecule has 5 heteroatoms. The Hall–Kier alpha value is -3.08. The third-order valence-corrected chi connectivity index (χ3v) is 5.27. The zero-order chi connectivity index (χ0) is 19.0. The van der Waals surface area contributed by atoms with Crippen LogP contribution >= 0.6 is 0 Å². The van der Waals surface area contributed by atoms with Crippen molar-refractivity contribution in [1.29, 1.82) is 0 Å². The number of nitrogens with one attached hydrogen (secondary N) is 1. The fraction of sp³-hybridized carbons (Fsp3) is 0.273. The van der Waals surface area contributed by atoms with Crippen molar-refractivity contribution in [3.63, 3.8) is 0 Å². The first kappa shape index (κ1) is 17.3. The fourth-order valence-corrected chi connectivity index (χ4v) is 3.66. The molecule has 2 heterocycles. The highest BCUT2D eigenvalue weighted by Gasteiger charge is 2.34.